The molecule has 0 bridgehead atoms. The molecule has 3 unspecified atom stereocenters. The molecule has 0 aromatic heterocycles. The first-order valence-electron chi connectivity index (χ1n) is 22.7. The number of hydrogen-bond donors (Lipinski definition) is 8. The van der Waals surface area contributed by atoms with Crippen molar-refractivity contribution in [2.24, 2.45) is 0 Å². The van der Waals surface area contributed by atoms with E-state index in [0.717, 1.165) is 51.4 Å². The van der Waals surface area contributed by atoms with Crippen LogP contribution in [0.2, 0.25) is 0 Å². The Morgan fingerprint density at radius 1 is 0.576 bits per heavy atom. The van der Waals surface area contributed by atoms with Crippen LogP contribution in [0.1, 0.15) is 181 Å². The Kier molecular flexibility index (Phi) is 32.0. The van der Waals surface area contributed by atoms with Crippen molar-refractivity contribution in [3.8, 4) is 0 Å². The van der Waals surface area contributed by atoms with Gasteiger partial charge in [-0.2, -0.15) is 0 Å². The lowest BCUT2D eigenvalue weighted by molar-refractivity contribution is -0.220. The van der Waals surface area contributed by atoms with Crippen molar-refractivity contribution < 1.29 is 73.3 Å². The van der Waals surface area contributed by atoms with E-state index >= 15 is 0 Å². The highest BCUT2D eigenvalue weighted by Crippen LogP contribution is 2.47. The highest BCUT2D eigenvalue weighted by Gasteiger charge is 2.51. The number of aliphatic hydroxyl groups excluding tert-OH is 7. The van der Waals surface area contributed by atoms with E-state index in [4.69, 9.17) is 18.5 Å². The Labute approximate surface area is 353 Å². The van der Waals surface area contributed by atoms with E-state index in [9.17, 15) is 54.8 Å². The number of carbonyl (C=O) groups excluding carboxylic acids is 2. The molecule has 0 aliphatic heterocycles. The molecule has 1 fully saturated rings. The van der Waals surface area contributed by atoms with Gasteiger partial charge >= 0.3 is 19.8 Å². The zero-order chi connectivity index (χ0) is 43.9. The number of carbonyl (C=O) groups is 2. The number of phosphoric acid groups is 1. The predicted octanol–water partition coefficient (Wildman–Crippen LogP) is 6.22. The molecule has 0 radical (unpaired) electrons. The second kappa shape index (κ2) is 34.1. The van der Waals surface area contributed by atoms with Gasteiger partial charge in [-0.05, 0) is 38.5 Å². The SMILES string of the molecule is CCCCC/C=C\C[C@H](O)[C@@H](O)CCCCCCCC(=O)O[C@H](COC(=O)CCCCCCCCCCCCCCC)COP(=O)(O)OC1[C@H](O)[C@H](O)C(O)[C@H](O)[C@H]1O. The topological polar surface area (TPSA) is 250 Å². The van der Waals surface area contributed by atoms with Crippen LogP contribution in [0.15, 0.2) is 12.2 Å². The fourth-order valence-corrected chi connectivity index (χ4v) is 7.93. The van der Waals surface area contributed by atoms with Crippen LogP contribution in [0.4, 0.5) is 0 Å². The summed E-state index contributed by atoms with van der Waals surface area (Å²) in [7, 11) is -5.15. The van der Waals surface area contributed by atoms with Crippen molar-refractivity contribution in [1.29, 1.82) is 0 Å². The lowest BCUT2D eigenvalue weighted by atomic mass is 9.85. The zero-order valence-electron chi connectivity index (χ0n) is 36.0. The minimum Gasteiger partial charge on any atom is -0.462 e. The largest absolute Gasteiger partial charge is 0.472 e. The van der Waals surface area contributed by atoms with Crippen molar-refractivity contribution in [1.82, 2.24) is 0 Å². The summed E-state index contributed by atoms with van der Waals surface area (Å²) >= 11 is 0. The summed E-state index contributed by atoms with van der Waals surface area (Å²) in [6.07, 6.45) is 12.8. The summed E-state index contributed by atoms with van der Waals surface area (Å²) in [6.45, 7) is 3.10. The van der Waals surface area contributed by atoms with E-state index in [1.165, 1.54) is 64.2 Å². The van der Waals surface area contributed by atoms with Crippen LogP contribution in [0, 0.1) is 0 Å². The summed E-state index contributed by atoms with van der Waals surface area (Å²) < 4.78 is 33.4. The molecule has 1 aliphatic rings. The normalized spacial score (nSPS) is 23.5. The van der Waals surface area contributed by atoms with Crippen molar-refractivity contribution in [2.45, 2.75) is 236 Å². The van der Waals surface area contributed by atoms with Gasteiger partial charge in [0.25, 0.3) is 0 Å². The summed E-state index contributed by atoms with van der Waals surface area (Å²) in [5.41, 5.74) is 0. The fraction of sp³-hybridized carbons (Fsp3) is 0.907. The van der Waals surface area contributed by atoms with Crippen LogP contribution in [0.25, 0.3) is 0 Å². The van der Waals surface area contributed by atoms with Crippen molar-refractivity contribution in [3.05, 3.63) is 12.2 Å². The summed E-state index contributed by atoms with van der Waals surface area (Å²) in [4.78, 5) is 35.6. The molecular formula is C43H81O15P. The molecule has 0 amide bonds. The summed E-state index contributed by atoms with van der Waals surface area (Å²) in [5, 5.41) is 70.6. The first kappa shape index (κ1) is 55.5. The summed E-state index contributed by atoms with van der Waals surface area (Å²) in [6, 6.07) is 0. The van der Waals surface area contributed by atoms with Crippen LogP contribution in [-0.2, 0) is 32.7 Å². The number of ether oxygens (including phenoxy) is 2. The lowest BCUT2D eigenvalue weighted by Gasteiger charge is -2.41. The van der Waals surface area contributed by atoms with E-state index in [1.54, 1.807) is 0 Å². The van der Waals surface area contributed by atoms with Gasteiger partial charge in [0.05, 0.1) is 18.8 Å². The Hall–Kier alpha value is -1.49. The number of rotatable bonds is 37. The third kappa shape index (κ3) is 26.6. The number of hydrogen-bond acceptors (Lipinski definition) is 14. The molecule has 8 N–H and O–H groups in total. The fourth-order valence-electron chi connectivity index (χ4n) is 6.96. The second-order valence-electron chi connectivity index (χ2n) is 16.2. The first-order valence-corrected chi connectivity index (χ1v) is 24.2. The van der Waals surface area contributed by atoms with Crippen LogP contribution in [0.5, 0.6) is 0 Å². The molecule has 1 aliphatic carbocycles. The van der Waals surface area contributed by atoms with Gasteiger partial charge < -0.3 is 50.1 Å². The Morgan fingerprint density at radius 2 is 1.03 bits per heavy atom. The third-order valence-corrected chi connectivity index (χ3v) is 11.8. The molecule has 10 atom stereocenters. The molecule has 0 heterocycles. The Morgan fingerprint density at radius 3 is 1.58 bits per heavy atom. The maximum Gasteiger partial charge on any atom is 0.472 e. The standard InChI is InChI=1S/C43H81O15P/c1-3-5-7-9-11-12-13-14-15-16-17-21-25-29-36(46)55-31-33(32-56-59(53,54)58-43-41(51)39(49)38(48)40(50)42(43)52)57-37(47)30-26-22-18-20-24-28-35(45)34(44)27-23-19-10-8-6-4-2/h19,23,33-35,38-45,48-52H,3-18,20-22,24-32H2,1-2H3,(H,53,54)/b23-19-/t33-,34+,35+,38?,39-,40+,41-,42-,43?/m1/s1. The minimum absolute atomic E-state index is 0.00117. The van der Waals surface area contributed by atoms with Crippen LogP contribution in [-0.4, -0.2) is 121 Å². The maximum absolute atomic E-state index is 12.8. The van der Waals surface area contributed by atoms with E-state index in [1.807, 2.05) is 12.2 Å². The van der Waals surface area contributed by atoms with Crippen LogP contribution < -0.4 is 0 Å². The molecule has 15 nitrogen and oxygen atoms in total. The van der Waals surface area contributed by atoms with Gasteiger partial charge in [-0.15, -0.1) is 0 Å². The number of allylic oxidation sites excluding steroid dienone is 1. The number of aliphatic hydroxyl groups is 7. The molecule has 16 heteroatoms. The third-order valence-electron chi connectivity index (χ3n) is 10.8. The van der Waals surface area contributed by atoms with E-state index < -0.39 is 87.9 Å². The number of unbranched alkanes of at least 4 members (excludes halogenated alkanes) is 19. The Balaban J connectivity index is 2.53. The highest BCUT2D eigenvalue weighted by molar-refractivity contribution is 7.47. The lowest BCUT2D eigenvalue weighted by Crippen LogP contribution is -2.64. The van der Waals surface area contributed by atoms with Gasteiger partial charge in [-0.3, -0.25) is 18.6 Å². The predicted molar refractivity (Wildman–Crippen MR) is 224 cm³/mol. The second-order valence-corrected chi connectivity index (χ2v) is 17.6. The maximum atomic E-state index is 12.8. The average Bonchev–Trinajstić information content (AvgIpc) is 3.21. The van der Waals surface area contributed by atoms with Crippen LogP contribution in [0.3, 0.4) is 0 Å². The van der Waals surface area contributed by atoms with E-state index in [0.29, 0.717) is 38.5 Å². The van der Waals surface area contributed by atoms with Gasteiger partial charge in [-0.1, -0.05) is 142 Å². The van der Waals surface area contributed by atoms with Gasteiger partial charge in [0.15, 0.2) is 6.10 Å². The van der Waals surface area contributed by atoms with Crippen molar-refractivity contribution >= 4 is 19.8 Å². The molecule has 59 heavy (non-hydrogen) atoms. The smallest absolute Gasteiger partial charge is 0.462 e. The molecule has 0 aromatic rings. The van der Waals surface area contributed by atoms with Gasteiger partial charge in [0, 0.05) is 12.8 Å². The zero-order valence-corrected chi connectivity index (χ0v) is 36.9. The molecule has 0 spiro atoms. The van der Waals surface area contributed by atoms with Gasteiger partial charge in [-0.25, -0.2) is 4.57 Å². The van der Waals surface area contributed by atoms with E-state index in [-0.39, 0.29) is 12.8 Å². The van der Waals surface area contributed by atoms with Gasteiger partial charge in [0.1, 0.15) is 43.2 Å². The van der Waals surface area contributed by atoms with E-state index in [2.05, 4.69) is 13.8 Å². The molecule has 1 rings (SSSR count). The first-order chi connectivity index (χ1) is 28.2. The molecule has 1 saturated carbocycles. The molecule has 348 valence electrons. The average molecular weight is 869 g/mol. The number of esters is 2. The monoisotopic (exact) mass is 869 g/mol. The minimum atomic E-state index is -5.15. The molecular weight excluding hydrogens is 787 g/mol. The molecule has 0 saturated heterocycles. The summed E-state index contributed by atoms with van der Waals surface area (Å²) in [5.74, 6) is -1.21. The highest BCUT2D eigenvalue weighted by atomic mass is 31.2. The Bertz CT molecular complexity index is 1130. The quantitative estimate of drug-likeness (QED) is 0.0149. The molecule has 0 aromatic carbocycles. The van der Waals surface area contributed by atoms with Crippen molar-refractivity contribution in [2.75, 3.05) is 13.2 Å². The van der Waals surface area contributed by atoms with Crippen molar-refractivity contribution in [3.63, 3.8) is 0 Å². The van der Waals surface area contributed by atoms with Gasteiger partial charge in [0.2, 0.25) is 0 Å². The number of phosphoric ester groups is 1. The van der Waals surface area contributed by atoms with Crippen LogP contribution >= 0.6 is 7.82 Å².